The van der Waals surface area contributed by atoms with Crippen LogP contribution in [0, 0.1) is 0 Å². The van der Waals surface area contributed by atoms with Crippen LogP contribution in [0.25, 0.3) is 0 Å². The first kappa shape index (κ1) is 11.7. The van der Waals surface area contributed by atoms with E-state index in [-0.39, 0.29) is 12.4 Å². The number of Topliss-reactive ketones (excluding diaryl/α,β-unsaturated/α-hetero) is 1. The number of para-hydroxylation sites is 1. The zero-order valence-electron chi connectivity index (χ0n) is 9.06. The lowest BCUT2D eigenvalue weighted by atomic mass is 10.1. The summed E-state index contributed by atoms with van der Waals surface area (Å²) in [5.41, 5.74) is 0.584. The Morgan fingerprint density at radius 3 is 2.73 bits per heavy atom. The van der Waals surface area contributed by atoms with Gasteiger partial charge in [-0.15, -0.1) is 0 Å². The van der Waals surface area contributed by atoms with Crippen LogP contribution in [-0.4, -0.2) is 23.6 Å². The van der Waals surface area contributed by atoms with Crippen molar-refractivity contribution in [2.24, 2.45) is 0 Å². The molecule has 0 heterocycles. The molecule has 0 aliphatic heterocycles. The first-order chi connectivity index (χ1) is 7.15. The average molecular weight is 208 g/mol. The van der Waals surface area contributed by atoms with Gasteiger partial charge in [-0.25, -0.2) is 0 Å². The van der Waals surface area contributed by atoms with Gasteiger partial charge in [0, 0.05) is 6.42 Å². The number of benzene rings is 1. The molecule has 1 atom stereocenters. The van der Waals surface area contributed by atoms with Crippen LogP contribution in [0.1, 0.15) is 30.6 Å². The molecule has 0 radical (unpaired) electrons. The zero-order valence-corrected chi connectivity index (χ0v) is 9.06. The summed E-state index contributed by atoms with van der Waals surface area (Å²) < 4.78 is 5.35. The van der Waals surface area contributed by atoms with Crippen LogP contribution in [0.2, 0.25) is 0 Å². The van der Waals surface area contributed by atoms with Gasteiger partial charge >= 0.3 is 0 Å². The molecule has 0 bridgehead atoms. The normalized spacial score (nSPS) is 12.2. The third kappa shape index (κ3) is 3.36. The van der Waals surface area contributed by atoms with Crippen LogP contribution in [0.5, 0.6) is 5.75 Å². The van der Waals surface area contributed by atoms with E-state index >= 15 is 0 Å². The highest BCUT2D eigenvalue weighted by molar-refractivity contribution is 5.98. The van der Waals surface area contributed by atoms with Crippen molar-refractivity contribution >= 4 is 5.78 Å². The van der Waals surface area contributed by atoms with Gasteiger partial charge in [-0.1, -0.05) is 19.1 Å². The number of aliphatic hydroxyl groups excluding tert-OH is 1. The van der Waals surface area contributed by atoms with Gasteiger partial charge in [0.05, 0.1) is 11.7 Å². The van der Waals surface area contributed by atoms with Gasteiger partial charge in [0.2, 0.25) is 0 Å². The molecule has 1 aromatic rings. The van der Waals surface area contributed by atoms with Crippen LogP contribution in [-0.2, 0) is 0 Å². The summed E-state index contributed by atoms with van der Waals surface area (Å²) in [6, 6.07) is 7.09. The summed E-state index contributed by atoms with van der Waals surface area (Å²) in [6.07, 6.45) is -0.0792. The molecule has 0 saturated carbocycles. The second-order valence-corrected chi connectivity index (χ2v) is 3.43. The van der Waals surface area contributed by atoms with Crippen molar-refractivity contribution in [3.8, 4) is 5.75 Å². The molecule has 15 heavy (non-hydrogen) atoms. The zero-order chi connectivity index (χ0) is 11.3. The first-order valence-electron chi connectivity index (χ1n) is 5.08. The fourth-order valence-corrected chi connectivity index (χ4v) is 1.22. The lowest BCUT2D eigenvalue weighted by Crippen LogP contribution is -2.14. The van der Waals surface area contributed by atoms with E-state index < -0.39 is 6.10 Å². The third-order valence-electron chi connectivity index (χ3n) is 1.99. The number of hydrogen-bond donors (Lipinski definition) is 1. The van der Waals surface area contributed by atoms with Crippen LogP contribution in [0.3, 0.4) is 0 Å². The molecular formula is C12H16O3. The smallest absolute Gasteiger partial charge is 0.166 e. The minimum absolute atomic E-state index is 0.0520. The molecule has 0 amide bonds. The molecule has 0 aliphatic carbocycles. The Morgan fingerprint density at radius 2 is 2.13 bits per heavy atom. The van der Waals surface area contributed by atoms with Crippen molar-refractivity contribution in [1.29, 1.82) is 0 Å². The lowest BCUT2D eigenvalue weighted by Gasteiger charge is -2.11. The molecule has 3 heteroatoms. The highest BCUT2D eigenvalue weighted by Gasteiger charge is 2.10. The number of aliphatic hydroxyl groups is 1. The molecule has 1 unspecified atom stereocenters. The Bertz CT molecular complexity index is 331. The number of ketones is 1. The van der Waals surface area contributed by atoms with E-state index in [4.69, 9.17) is 9.84 Å². The van der Waals surface area contributed by atoms with E-state index in [0.29, 0.717) is 17.7 Å². The van der Waals surface area contributed by atoms with Gasteiger partial charge in [-0.3, -0.25) is 4.79 Å². The molecule has 1 aromatic carbocycles. The van der Waals surface area contributed by atoms with E-state index in [9.17, 15) is 4.79 Å². The highest BCUT2D eigenvalue weighted by Crippen LogP contribution is 2.19. The maximum Gasteiger partial charge on any atom is 0.166 e. The number of carbonyl (C=O) groups excluding carboxylic acids is 1. The predicted molar refractivity (Wildman–Crippen MR) is 58.2 cm³/mol. The van der Waals surface area contributed by atoms with Gasteiger partial charge in [0.1, 0.15) is 12.4 Å². The van der Waals surface area contributed by atoms with Gasteiger partial charge in [-0.2, -0.15) is 0 Å². The molecule has 1 N–H and O–H groups in total. The van der Waals surface area contributed by atoms with Crippen molar-refractivity contribution < 1.29 is 14.6 Å². The van der Waals surface area contributed by atoms with E-state index in [2.05, 4.69) is 0 Å². The second kappa shape index (κ2) is 5.51. The Kier molecular flexibility index (Phi) is 4.31. The van der Waals surface area contributed by atoms with Gasteiger partial charge < -0.3 is 9.84 Å². The van der Waals surface area contributed by atoms with Gasteiger partial charge in [0.25, 0.3) is 0 Å². The predicted octanol–water partition coefficient (Wildman–Crippen LogP) is 2.04. The quantitative estimate of drug-likeness (QED) is 0.753. The van der Waals surface area contributed by atoms with E-state index in [1.54, 1.807) is 25.1 Å². The van der Waals surface area contributed by atoms with Crippen molar-refractivity contribution in [2.45, 2.75) is 26.4 Å². The minimum atomic E-state index is -0.533. The number of ether oxygens (including phenoxy) is 1. The van der Waals surface area contributed by atoms with E-state index in [1.165, 1.54) is 0 Å². The summed E-state index contributed by atoms with van der Waals surface area (Å²) in [5, 5.41) is 9.09. The monoisotopic (exact) mass is 208 g/mol. The minimum Gasteiger partial charge on any atom is -0.490 e. The molecular weight excluding hydrogens is 192 g/mol. The van der Waals surface area contributed by atoms with Crippen LogP contribution in [0.4, 0.5) is 0 Å². The van der Waals surface area contributed by atoms with Crippen molar-refractivity contribution in [1.82, 2.24) is 0 Å². The van der Waals surface area contributed by atoms with Gasteiger partial charge in [0.15, 0.2) is 5.78 Å². The maximum absolute atomic E-state index is 11.5. The standard InChI is InChI=1S/C12H16O3/c1-3-11(14)10-6-4-5-7-12(10)15-8-9(2)13/h4-7,9,13H,3,8H2,1-2H3. The molecule has 1 rings (SSSR count). The largest absolute Gasteiger partial charge is 0.490 e. The molecule has 3 nitrogen and oxygen atoms in total. The molecule has 0 spiro atoms. The molecule has 0 aliphatic rings. The van der Waals surface area contributed by atoms with Crippen LogP contribution >= 0.6 is 0 Å². The Labute approximate surface area is 89.7 Å². The third-order valence-corrected chi connectivity index (χ3v) is 1.99. The first-order valence-corrected chi connectivity index (χ1v) is 5.08. The van der Waals surface area contributed by atoms with Crippen molar-refractivity contribution in [3.63, 3.8) is 0 Å². The molecule has 0 saturated heterocycles. The molecule has 82 valence electrons. The summed E-state index contributed by atoms with van der Waals surface area (Å²) in [7, 11) is 0. The van der Waals surface area contributed by atoms with Crippen molar-refractivity contribution in [2.75, 3.05) is 6.61 Å². The summed E-state index contributed by atoms with van der Waals surface area (Å²) >= 11 is 0. The summed E-state index contributed by atoms with van der Waals surface area (Å²) in [6.45, 7) is 3.66. The van der Waals surface area contributed by atoms with E-state index in [0.717, 1.165) is 0 Å². The maximum atomic E-state index is 11.5. The number of rotatable bonds is 5. The van der Waals surface area contributed by atoms with E-state index in [1.807, 2.05) is 13.0 Å². The topological polar surface area (TPSA) is 46.5 Å². The fraction of sp³-hybridized carbons (Fsp3) is 0.417. The highest BCUT2D eigenvalue weighted by atomic mass is 16.5. The van der Waals surface area contributed by atoms with Gasteiger partial charge in [-0.05, 0) is 19.1 Å². The summed E-state index contributed by atoms with van der Waals surface area (Å²) in [5.74, 6) is 0.599. The Hall–Kier alpha value is -1.35. The van der Waals surface area contributed by atoms with Crippen molar-refractivity contribution in [3.05, 3.63) is 29.8 Å². The van der Waals surface area contributed by atoms with Crippen LogP contribution < -0.4 is 4.74 Å². The molecule has 0 aromatic heterocycles. The lowest BCUT2D eigenvalue weighted by molar-refractivity contribution is 0.0971. The second-order valence-electron chi connectivity index (χ2n) is 3.43. The van der Waals surface area contributed by atoms with Crippen LogP contribution in [0.15, 0.2) is 24.3 Å². The summed E-state index contributed by atoms with van der Waals surface area (Å²) in [4.78, 5) is 11.5. The average Bonchev–Trinajstić information content (AvgIpc) is 2.25. The fourth-order valence-electron chi connectivity index (χ4n) is 1.22. The SMILES string of the molecule is CCC(=O)c1ccccc1OCC(C)O. The molecule has 0 fully saturated rings. The Morgan fingerprint density at radius 1 is 1.47 bits per heavy atom. The number of hydrogen-bond acceptors (Lipinski definition) is 3. The number of carbonyl (C=O) groups is 1. The Balaban J connectivity index is 2.81.